The van der Waals surface area contributed by atoms with Gasteiger partial charge in [0.2, 0.25) is 0 Å². The van der Waals surface area contributed by atoms with Crippen molar-refractivity contribution in [2.45, 2.75) is 13.0 Å². The van der Waals surface area contributed by atoms with E-state index in [9.17, 15) is 4.79 Å². The Balaban J connectivity index is 1.40. The molecule has 2 amide bonds. The second kappa shape index (κ2) is 7.97. The van der Waals surface area contributed by atoms with E-state index in [0.717, 1.165) is 17.7 Å². The summed E-state index contributed by atoms with van der Waals surface area (Å²) in [7, 11) is 0. The van der Waals surface area contributed by atoms with Crippen LogP contribution in [0.25, 0.3) is 5.69 Å². The van der Waals surface area contributed by atoms with Gasteiger partial charge in [0.05, 0.1) is 5.69 Å². The largest absolute Gasteiger partial charge is 0.338 e. The highest BCUT2D eigenvalue weighted by Gasteiger charge is 2.01. The molecule has 0 saturated carbocycles. The van der Waals surface area contributed by atoms with Crippen LogP contribution in [-0.2, 0) is 13.0 Å². The summed E-state index contributed by atoms with van der Waals surface area (Å²) in [5.74, 6) is 0. The number of hydrogen-bond donors (Lipinski definition) is 2. The van der Waals surface area contributed by atoms with Crippen molar-refractivity contribution in [1.29, 1.82) is 0 Å². The van der Waals surface area contributed by atoms with E-state index < -0.39 is 0 Å². The van der Waals surface area contributed by atoms with Crippen LogP contribution in [0, 0.1) is 0 Å². The molecule has 0 fully saturated rings. The molecule has 2 aromatic carbocycles. The van der Waals surface area contributed by atoms with Crippen LogP contribution < -0.4 is 10.6 Å². The van der Waals surface area contributed by atoms with Gasteiger partial charge in [0.15, 0.2) is 0 Å². The molecule has 1 aromatic heterocycles. The lowest BCUT2D eigenvalue weighted by atomic mass is 10.1. The van der Waals surface area contributed by atoms with E-state index in [2.05, 4.69) is 27.9 Å². The molecular formula is C19H20N4O. The van der Waals surface area contributed by atoms with E-state index in [1.54, 1.807) is 6.20 Å². The molecule has 3 rings (SSSR count). The number of rotatable bonds is 6. The summed E-state index contributed by atoms with van der Waals surface area (Å²) >= 11 is 0. The van der Waals surface area contributed by atoms with Gasteiger partial charge >= 0.3 is 6.03 Å². The van der Waals surface area contributed by atoms with Crippen LogP contribution in [0.5, 0.6) is 0 Å². The Labute approximate surface area is 141 Å². The fourth-order valence-electron chi connectivity index (χ4n) is 2.40. The van der Waals surface area contributed by atoms with Crippen molar-refractivity contribution in [2.75, 3.05) is 6.54 Å². The third-order valence-electron chi connectivity index (χ3n) is 3.70. The molecule has 0 aliphatic heterocycles. The van der Waals surface area contributed by atoms with Crippen LogP contribution >= 0.6 is 0 Å². The molecule has 5 heteroatoms. The fraction of sp³-hybridized carbons (Fsp3) is 0.158. The van der Waals surface area contributed by atoms with Crippen LogP contribution in [0.1, 0.15) is 11.1 Å². The first-order valence-corrected chi connectivity index (χ1v) is 7.96. The third kappa shape index (κ3) is 4.46. The van der Waals surface area contributed by atoms with Gasteiger partial charge in [0.1, 0.15) is 0 Å². The van der Waals surface area contributed by atoms with Gasteiger partial charge in [0.25, 0.3) is 0 Å². The van der Waals surface area contributed by atoms with Crippen molar-refractivity contribution in [3.05, 3.63) is 84.2 Å². The average Bonchev–Trinajstić information content (AvgIpc) is 3.16. The molecule has 122 valence electrons. The van der Waals surface area contributed by atoms with Gasteiger partial charge in [-0.2, -0.15) is 5.10 Å². The van der Waals surface area contributed by atoms with Gasteiger partial charge < -0.3 is 10.6 Å². The van der Waals surface area contributed by atoms with Crippen LogP contribution in [-0.4, -0.2) is 22.4 Å². The summed E-state index contributed by atoms with van der Waals surface area (Å²) in [6, 6.07) is 19.8. The van der Waals surface area contributed by atoms with Crippen LogP contribution in [0.15, 0.2) is 73.1 Å². The van der Waals surface area contributed by atoms with E-state index >= 15 is 0 Å². The van der Waals surface area contributed by atoms with Gasteiger partial charge in [-0.05, 0) is 35.7 Å². The highest BCUT2D eigenvalue weighted by molar-refractivity contribution is 5.73. The smallest absolute Gasteiger partial charge is 0.315 e. The molecule has 0 aliphatic carbocycles. The number of nitrogens with zero attached hydrogens (tertiary/aromatic N) is 2. The molecule has 0 aliphatic rings. The lowest BCUT2D eigenvalue weighted by Gasteiger charge is -2.08. The first-order chi connectivity index (χ1) is 11.8. The Bertz CT molecular complexity index is 752. The number of carbonyl (C=O) groups is 1. The fourth-order valence-corrected chi connectivity index (χ4v) is 2.40. The Morgan fingerprint density at radius 1 is 0.917 bits per heavy atom. The summed E-state index contributed by atoms with van der Waals surface area (Å²) in [6.45, 7) is 1.13. The number of urea groups is 1. The minimum absolute atomic E-state index is 0.146. The van der Waals surface area contributed by atoms with Crippen LogP contribution in [0.3, 0.4) is 0 Å². The molecule has 0 unspecified atom stereocenters. The minimum Gasteiger partial charge on any atom is -0.338 e. The second-order valence-corrected chi connectivity index (χ2v) is 5.46. The van der Waals surface area contributed by atoms with E-state index in [4.69, 9.17) is 0 Å². The van der Waals surface area contributed by atoms with Gasteiger partial charge in [-0.25, -0.2) is 9.48 Å². The number of nitrogens with one attached hydrogen (secondary N) is 2. The Hall–Kier alpha value is -3.08. The lowest BCUT2D eigenvalue weighted by molar-refractivity contribution is 0.240. The second-order valence-electron chi connectivity index (χ2n) is 5.46. The van der Waals surface area contributed by atoms with Gasteiger partial charge in [-0.1, -0.05) is 42.5 Å². The Morgan fingerprint density at radius 2 is 1.71 bits per heavy atom. The van der Waals surface area contributed by atoms with E-state index in [0.29, 0.717) is 13.1 Å². The number of benzene rings is 2. The summed E-state index contributed by atoms with van der Waals surface area (Å²) < 4.78 is 1.82. The predicted molar refractivity (Wildman–Crippen MR) is 93.9 cm³/mol. The Morgan fingerprint density at radius 3 is 2.42 bits per heavy atom. The average molecular weight is 320 g/mol. The summed E-state index contributed by atoms with van der Waals surface area (Å²) in [5.41, 5.74) is 3.29. The number of amides is 2. The predicted octanol–water partition coefficient (Wildman–Crippen LogP) is 2.91. The quantitative estimate of drug-likeness (QED) is 0.734. The maximum Gasteiger partial charge on any atom is 0.315 e. The van der Waals surface area contributed by atoms with Gasteiger partial charge in [-0.3, -0.25) is 0 Å². The Kier molecular flexibility index (Phi) is 5.24. The minimum atomic E-state index is -0.146. The maximum atomic E-state index is 11.8. The molecular weight excluding hydrogens is 300 g/mol. The van der Waals surface area contributed by atoms with Gasteiger partial charge in [0, 0.05) is 25.5 Å². The molecule has 0 spiro atoms. The number of aromatic nitrogens is 2. The summed E-state index contributed by atoms with van der Waals surface area (Å²) in [4.78, 5) is 11.8. The van der Waals surface area contributed by atoms with Crippen molar-refractivity contribution >= 4 is 6.03 Å². The van der Waals surface area contributed by atoms with Crippen molar-refractivity contribution in [3.8, 4) is 5.69 Å². The van der Waals surface area contributed by atoms with Crippen molar-refractivity contribution in [1.82, 2.24) is 20.4 Å². The zero-order valence-electron chi connectivity index (χ0n) is 13.4. The van der Waals surface area contributed by atoms with Crippen LogP contribution in [0.2, 0.25) is 0 Å². The highest BCUT2D eigenvalue weighted by atomic mass is 16.2. The molecule has 5 nitrogen and oxygen atoms in total. The monoisotopic (exact) mass is 320 g/mol. The molecule has 3 aromatic rings. The van der Waals surface area contributed by atoms with Crippen LogP contribution in [0.4, 0.5) is 4.79 Å². The first-order valence-electron chi connectivity index (χ1n) is 7.96. The van der Waals surface area contributed by atoms with Crippen molar-refractivity contribution < 1.29 is 4.79 Å². The van der Waals surface area contributed by atoms with Gasteiger partial charge in [-0.15, -0.1) is 0 Å². The van der Waals surface area contributed by atoms with E-state index in [1.807, 2.05) is 59.4 Å². The zero-order chi connectivity index (χ0) is 16.6. The molecule has 0 saturated heterocycles. The zero-order valence-corrected chi connectivity index (χ0v) is 13.4. The summed E-state index contributed by atoms with van der Waals surface area (Å²) in [6.07, 6.45) is 4.46. The van der Waals surface area contributed by atoms with E-state index in [1.165, 1.54) is 5.56 Å². The molecule has 0 radical (unpaired) electrons. The normalized spacial score (nSPS) is 10.3. The first kappa shape index (κ1) is 15.8. The molecule has 0 bridgehead atoms. The summed E-state index contributed by atoms with van der Waals surface area (Å²) in [5, 5.41) is 9.93. The molecule has 2 N–H and O–H groups in total. The standard InChI is InChI=1S/C19H20N4O/c24-19(21-15-17-5-2-1-3-6-17)20-13-11-16-7-9-18(10-8-16)23-14-4-12-22-23/h1-10,12,14H,11,13,15H2,(H2,20,21,24). The van der Waals surface area contributed by atoms with Crippen molar-refractivity contribution in [3.63, 3.8) is 0 Å². The highest BCUT2D eigenvalue weighted by Crippen LogP contribution is 2.08. The molecule has 24 heavy (non-hydrogen) atoms. The SMILES string of the molecule is O=C(NCCc1ccc(-n2cccn2)cc1)NCc1ccccc1. The van der Waals surface area contributed by atoms with E-state index in [-0.39, 0.29) is 6.03 Å². The maximum absolute atomic E-state index is 11.8. The van der Waals surface area contributed by atoms with Crippen molar-refractivity contribution in [2.24, 2.45) is 0 Å². The molecule has 0 atom stereocenters. The topological polar surface area (TPSA) is 59.0 Å². The number of carbonyl (C=O) groups excluding carboxylic acids is 1. The third-order valence-corrected chi connectivity index (χ3v) is 3.70. The number of hydrogen-bond acceptors (Lipinski definition) is 2. The lowest BCUT2D eigenvalue weighted by Crippen LogP contribution is -2.36. The molecule has 1 heterocycles.